The van der Waals surface area contributed by atoms with Crippen LogP contribution in [-0.4, -0.2) is 60.9 Å². The van der Waals surface area contributed by atoms with E-state index in [9.17, 15) is 9.18 Å². The highest BCUT2D eigenvalue weighted by molar-refractivity contribution is 6.07. The van der Waals surface area contributed by atoms with E-state index < -0.39 is 0 Å². The van der Waals surface area contributed by atoms with Crippen LogP contribution in [0.2, 0.25) is 0 Å². The lowest BCUT2D eigenvalue weighted by molar-refractivity contribution is 0.0842. The molecule has 0 spiro atoms. The molecule has 2 heterocycles. The van der Waals surface area contributed by atoms with Gasteiger partial charge < -0.3 is 9.80 Å². The van der Waals surface area contributed by atoms with Crippen LogP contribution in [0.1, 0.15) is 15.9 Å². The fraction of sp³-hybridized carbons (Fsp3) is 0.333. The average molecular weight is 366 g/mol. The van der Waals surface area contributed by atoms with Crippen molar-refractivity contribution in [2.24, 2.45) is 4.99 Å². The number of amides is 1. The van der Waals surface area contributed by atoms with Crippen molar-refractivity contribution in [1.82, 2.24) is 9.80 Å². The van der Waals surface area contributed by atoms with Crippen molar-refractivity contribution in [3.05, 3.63) is 65.5 Å². The van der Waals surface area contributed by atoms with Crippen molar-refractivity contribution in [2.45, 2.75) is 6.92 Å². The van der Waals surface area contributed by atoms with E-state index >= 15 is 0 Å². The molecule has 0 aliphatic carbocycles. The SMILES string of the molecule is Cc1ccccc1C(=O)N1CCN=C1N1CCN(c2ccccc2F)CC1. The molecule has 140 valence electrons. The third-order valence-electron chi connectivity index (χ3n) is 5.19. The summed E-state index contributed by atoms with van der Waals surface area (Å²) in [4.78, 5) is 23.6. The smallest absolute Gasteiger partial charge is 0.260 e. The minimum absolute atomic E-state index is 0.000818. The van der Waals surface area contributed by atoms with Crippen molar-refractivity contribution in [3.63, 3.8) is 0 Å². The van der Waals surface area contributed by atoms with Gasteiger partial charge in [0.2, 0.25) is 5.96 Å². The van der Waals surface area contributed by atoms with Gasteiger partial charge >= 0.3 is 0 Å². The van der Waals surface area contributed by atoms with E-state index in [-0.39, 0.29) is 11.7 Å². The minimum Gasteiger partial charge on any atom is -0.366 e. The number of anilines is 1. The van der Waals surface area contributed by atoms with Gasteiger partial charge in [0, 0.05) is 38.3 Å². The number of guanidine groups is 1. The van der Waals surface area contributed by atoms with Gasteiger partial charge in [0.1, 0.15) is 5.82 Å². The van der Waals surface area contributed by atoms with Gasteiger partial charge in [-0.05, 0) is 30.7 Å². The first-order chi connectivity index (χ1) is 13.1. The monoisotopic (exact) mass is 366 g/mol. The highest BCUT2D eigenvalue weighted by atomic mass is 19.1. The summed E-state index contributed by atoms with van der Waals surface area (Å²) in [5, 5.41) is 0. The maximum Gasteiger partial charge on any atom is 0.260 e. The number of nitrogens with zero attached hydrogens (tertiary/aromatic N) is 4. The fourth-order valence-corrected chi connectivity index (χ4v) is 3.71. The third-order valence-corrected chi connectivity index (χ3v) is 5.19. The van der Waals surface area contributed by atoms with E-state index in [0.717, 1.165) is 17.1 Å². The zero-order valence-corrected chi connectivity index (χ0v) is 15.4. The Morgan fingerprint density at radius 3 is 2.33 bits per heavy atom. The number of aliphatic imine (C=N–C) groups is 1. The molecule has 2 aromatic rings. The lowest BCUT2D eigenvalue weighted by Crippen LogP contribution is -2.53. The molecule has 2 aromatic carbocycles. The Morgan fingerprint density at radius 1 is 0.926 bits per heavy atom. The zero-order chi connectivity index (χ0) is 18.8. The second-order valence-electron chi connectivity index (χ2n) is 6.88. The molecule has 1 amide bonds. The number of halogens is 1. The second-order valence-corrected chi connectivity index (χ2v) is 6.88. The van der Waals surface area contributed by atoms with Crippen LogP contribution in [0.15, 0.2) is 53.5 Å². The van der Waals surface area contributed by atoms with Crippen LogP contribution in [0.4, 0.5) is 10.1 Å². The topological polar surface area (TPSA) is 39.2 Å². The van der Waals surface area contributed by atoms with Crippen molar-refractivity contribution in [2.75, 3.05) is 44.2 Å². The number of carbonyl (C=O) groups excluding carboxylic acids is 1. The summed E-state index contributed by atoms with van der Waals surface area (Å²) in [5.74, 6) is 0.554. The first-order valence-corrected chi connectivity index (χ1v) is 9.31. The number of hydrogen-bond acceptors (Lipinski definition) is 4. The second kappa shape index (κ2) is 7.39. The first kappa shape index (κ1) is 17.5. The minimum atomic E-state index is -0.194. The highest BCUT2D eigenvalue weighted by Crippen LogP contribution is 2.22. The molecule has 1 fully saturated rings. The molecule has 0 unspecified atom stereocenters. The van der Waals surface area contributed by atoms with Gasteiger partial charge in [-0.2, -0.15) is 0 Å². The predicted molar refractivity (Wildman–Crippen MR) is 105 cm³/mol. The van der Waals surface area contributed by atoms with E-state index in [4.69, 9.17) is 0 Å². The molecular formula is C21H23FN4O. The normalized spacial score (nSPS) is 17.3. The third kappa shape index (κ3) is 3.39. The van der Waals surface area contributed by atoms with Crippen LogP contribution in [0.5, 0.6) is 0 Å². The molecule has 0 aromatic heterocycles. The number of benzene rings is 2. The van der Waals surface area contributed by atoms with Crippen LogP contribution >= 0.6 is 0 Å². The molecule has 2 aliphatic heterocycles. The lowest BCUT2D eigenvalue weighted by Gasteiger charge is -2.38. The van der Waals surface area contributed by atoms with Crippen molar-refractivity contribution < 1.29 is 9.18 Å². The van der Waals surface area contributed by atoms with Crippen LogP contribution in [-0.2, 0) is 0 Å². The predicted octanol–water partition coefficient (Wildman–Crippen LogP) is 2.77. The van der Waals surface area contributed by atoms with Crippen molar-refractivity contribution >= 4 is 17.6 Å². The summed E-state index contributed by atoms with van der Waals surface area (Å²) in [7, 11) is 0. The number of piperazine rings is 1. The maximum absolute atomic E-state index is 14.0. The van der Waals surface area contributed by atoms with Gasteiger partial charge in [-0.15, -0.1) is 0 Å². The Balaban J connectivity index is 1.46. The number of para-hydroxylation sites is 1. The average Bonchev–Trinajstić information content (AvgIpc) is 3.18. The van der Waals surface area contributed by atoms with Crippen molar-refractivity contribution in [3.8, 4) is 0 Å². The number of carbonyl (C=O) groups is 1. The molecular weight excluding hydrogens is 343 g/mol. The van der Waals surface area contributed by atoms with E-state index in [2.05, 4.69) is 14.8 Å². The van der Waals surface area contributed by atoms with Crippen LogP contribution in [0.3, 0.4) is 0 Å². The fourth-order valence-electron chi connectivity index (χ4n) is 3.71. The molecule has 4 rings (SSSR count). The summed E-state index contributed by atoms with van der Waals surface area (Å²) in [6, 6.07) is 14.5. The molecule has 0 saturated carbocycles. The lowest BCUT2D eigenvalue weighted by atomic mass is 10.1. The van der Waals surface area contributed by atoms with Gasteiger partial charge in [-0.1, -0.05) is 30.3 Å². The Labute approximate surface area is 158 Å². The van der Waals surface area contributed by atoms with E-state index in [0.29, 0.717) is 45.0 Å². The Morgan fingerprint density at radius 2 is 1.59 bits per heavy atom. The molecule has 2 aliphatic rings. The number of hydrogen-bond donors (Lipinski definition) is 0. The standard InChI is InChI=1S/C21H23FN4O/c1-16-6-2-3-7-17(16)20(27)26-11-10-23-21(26)25-14-12-24(13-15-25)19-9-5-4-8-18(19)22/h2-9H,10-15H2,1H3. The highest BCUT2D eigenvalue weighted by Gasteiger charge is 2.31. The largest absolute Gasteiger partial charge is 0.366 e. The summed E-state index contributed by atoms with van der Waals surface area (Å²) in [6.45, 7) is 6.01. The molecule has 6 heteroatoms. The van der Waals surface area contributed by atoms with Gasteiger partial charge in [-0.3, -0.25) is 14.7 Å². The Hall–Kier alpha value is -2.89. The summed E-state index contributed by atoms with van der Waals surface area (Å²) in [6.07, 6.45) is 0. The maximum atomic E-state index is 14.0. The number of aryl methyl sites for hydroxylation is 1. The summed E-state index contributed by atoms with van der Waals surface area (Å²) < 4.78 is 14.0. The van der Waals surface area contributed by atoms with Crippen LogP contribution in [0, 0.1) is 12.7 Å². The first-order valence-electron chi connectivity index (χ1n) is 9.31. The van der Waals surface area contributed by atoms with Gasteiger partial charge in [0.15, 0.2) is 0 Å². The molecule has 5 nitrogen and oxygen atoms in total. The summed E-state index contributed by atoms with van der Waals surface area (Å²) in [5.41, 5.74) is 2.33. The quantitative estimate of drug-likeness (QED) is 0.820. The zero-order valence-electron chi connectivity index (χ0n) is 15.4. The van der Waals surface area contributed by atoms with Crippen LogP contribution in [0.25, 0.3) is 0 Å². The van der Waals surface area contributed by atoms with E-state index in [1.54, 1.807) is 11.0 Å². The summed E-state index contributed by atoms with van der Waals surface area (Å²) >= 11 is 0. The molecule has 27 heavy (non-hydrogen) atoms. The molecule has 0 atom stereocenters. The Kier molecular flexibility index (Phi) is 4.79. The molecule has 1 saturated heterocycles. The number of rotatable bonds is 2. The van der Waals surface area contributed by atoms with Gasteiger partial charge in [0.25, 0.3) is 5.91 Å². The molecule has 0 radical (unpaired) electrons. The van der Waals surface area contributed by atoms with E-state index in [1.165, 1.54) is 6.07 Å². The van der Waals surface area contributed by atoms with Crippen LogP contribution < -0.4 is 4.90 Å². The molecule has 0 bridgehead atoms. The van der Waals surface area contributed by atoms with Gasteiger partial charge in [0.05, 0.1) is 12.2 Å². The molecule has 0 N–H and O–H groups in total. The van der Waals surface area contributed by atoms with Gasteiger partial charge in [-0.25, -0.2) is 4.39 Å². The van der Waals surface area contributed by atoms with E-state index in [1.807, 2.05) is 43.3 Å². The van der Waals surface area contributed by atoms with Crippen molar-refractivity contribution in [1.29, 1.82) is 0 Å². The Bertz CT molecular complexity index is 874.